The third-order valence-electron chi connectivity index (χ3n) is 3.14. The molecule has 2 N–H and O–H groups in total. The van der Waals surface area contributed by atoms with Crippen LogP contribution in [0.4, 0.5) is 17.5 Å². The summed E-state index contributed by atoms with van der Waals surface area (Å²) in [4.78, 5) is 14.2. The Morgan fingerprint density at radius 3 is 2.95 bits per heavy atom. The molecule has 0 saturated heterocycles. The molecular weight excluding hydrogens is 302 g/mol. The molecule has 7 heteroatoms. The van der Waals surface area contributed by atoms with Crippen molar-refractivity contribution in [2.45, 2.75) is 0 Å². The van der Waals surface area contributed by atoms with Gasteiger partial charge >= 0.3 is 0 Å². The topological polar surface area (TPSA) is 62.7 Å². The van der Waals surface area contributed by atoms with Gasteiger partial charge in [0.25, 0.3) is 0 Å². The predicted octanol–water partition coefficient (Wildman–Crippen LogP) is 4.09. The Hall–Kier alpha value is -2.25. The van der Waals surface area contributed by atoms with Crippen LogP contribution in [0.5, 0.6) is 0 Å². The van der Waals surface area contributed by atoms with Gasteiger partial charge in [-0.2, -0.15) is 4.98 Å². The third kappa shape index (κ3) is 2.20. The van der Waals surface area contributed by atoms with Gasteiger partial charge in [0.2, 0.25) is 5.95 Å². The summed E-state index contributed by atoms with van der Waals surface area (Å²) in [5.74, 6) is 1.43. The molecule has 0 amide bonds. The van der Waals surface area contributed by atoms with Crippen LogP contribution in [0.25, 0.3) is 20.4 Å². The molecule has 0 unspecified atom stereocenters. The summed E-state index contributed by atoms with van der Waals surface area (Å²) >= 11 is 3.24. The second-order valence-corrected chi connectivity index (χ2v) is 6.23. The predicted molar refractivity (Wildman–Crippen MR) is 89.9 cm³/mol. The van der Waals surface area contributed by atoms with Crippen LogP contribution in [0.2, 0.25) is 0 Å². The van der Waals surface area contributed by atoms with E-state index in [1.54, 1.807) is 22.7 Å². The summed E-state index contributed by atoms with van der Waals surface area (Å²) in [7, 11) is 1.82. The first-order valence-corrected chi connectivity index (χ1v) is 8.13. The first kappa shape index (κ1) is 12.5. The van der Waals surface area contributed by atoms with Crippen molar-refractivity contribution in [3.63, 3.8) is 0 Å². The Labute approximate surface area is 128 Å². The molecule has 0 aliphatic rings. The van der Waals surface area contributed by atoms with Crippen LogP contribution in [0, 0.1) is 0 Å². The maximum absolute atomic E-state index is 4.52. The van der Waals surface area contributed by atoms with E-state index < -0.39 is 0 Å². The number of anilines is 3. The minimum atomic E-state index is 0.617. The van der Waals surface area contributed by atoms with Gasteiger partial charge in [0.15, 0.2) is 0 Å². The average Bonchev–Trinajstić information content (AvgIpc) is 3.14. The van der Waals surface area contributed by atoms with Crippen molar-refractivity contribution in [2.24, 2.45) is 0 Å². The monoisotopic (exact) mass is 313 g/mol. The molecule has 5 nitrogen and oxygen atoms in total. The maximum Gasteiger partial charge on any atom is 0.225 e. The van der Waals surface area contributed by atoms with E-state index >= 15 is 0 Å². The first-order chi connectivity index (χ1) is 10.3. The number of rotatable bonds is 3. The van der Waals surface area contributed by atoms with E-state index in [4.69, 9.17) is 0 Å². The molecule has 0 spiro atoms. The fourth-order valence-corrected chi connectivity index (χ4v) is 3.61. The van der Waals surface area contributed by atoms with Crippen molar-refractivity contribution in [1.82, 2.24) is 15.0 Å². The number of hydrogen-bond acceptors (Lipinski definition) is 7. The van der Waals surface area contributed by atoms with E-state index in [1.165, 1.54) is 0 Å². The van der Waals surface area contributed by atoms with E-state index in [9.17, 15) is 0 Å². The van der Waals surface area contributed by atoms with Crippen molar-refractivity contribution in [2.75, 3.05) is 17.7 Å². The normalized spacial score (nSPS) is 11.1. The van der Waals surface area contributed by atoms with Crippen molar-refractivity contribution in [1.29, 1.82) is 0 Å². The summed E-state index contributed by atoms with van der Waals surface area (Å²) in [5, 5.41) is 9.44. The fraction of sp³-hybridized carbons (Fsp3) is 0.0714. The molecule has 21 heavy (non-hydrogen) atoms. The molecule has 0 fully saturated rings. The Kier molecular flexibility index (Phi) is 2.94. The molecular formula is C14H11N5S2. The molecule has 104 valence electrons. The van der Waals surface area contributed by atoms with Crippen molar-refractivity contribution < 1.29 is 0 Å². The van der Waals surface area contributed by atoms with Gasteiger partial charge in [-0.25, -0.2) is 9.97 Å². The van der Waals surface area contributed by atoms with Crippen LogP contribution < -0.4 is 10.6 Å². The van der Waals surface area contributed by atoms with Gasteiger partial charge in [-0.3, -0.25) is 0 Å². The number of fused-ring (bicyclic) bond motifs is 2. The second kappa shape index (κ2) is 4.94. The quantitative estimate of drug-likeness (QED) is 0.596. The second-order valence-electron chi connectivity index (χ2n) is 4.45. The number of nitrogens with one attached hydrogen (secondary N) is 2. The van der Waals surface area contributed by atoms with Crippen molar-refractivity contribution in [3.8, 4) is 0 Å². The van der Waals surface area contributed by atoms with Crippen LogP contribution in [0.1, 0.15) is 0 Å². The molecule has 0 aliphatic carbocycles. The van der Waals surface area contributed by atoms with Gasteiger partial charge in [-0.1, -0.05) is 0 Å². The molecule has 0 bridgehead atoms. The zero-order valence-corrected chi connectivity index (χ0v) is 12.8. The molecule has 0 atom stereocenters. The highest BCUT2D eigenvalue weighted by Gasteiger charge is 2.09. The van der Waals surface area contributed by atoms with Crippen LogP contribution in [0.15, 0.2) is 35.2 Å². The lowest BCUT2D eigenvalue weighted by molar-refractivity contribution is 1.20. The number of benzene rings is 1. The van der Waals surface area contributed by atoms with E-state index in [1.807, 2.05) is 36.1 Å². The van der Waals surface area contributed by atoms with Crippen molar-refractivity contribution >= 4 is 60.6 Å². The van der Waals surface area contributed by atoms with E-state index in [2.05, 4.69) is 31.7 Å². The first-order valence-electron chi connectivity index (χ1n) is 6.37. The molecule has 4 aromatic rings. The molecule has 0 radical (unpaired) electrons. The number of thiazole rings is 1. The minimum absolute atomic E-state index is 0.617. The molecule has 1 aromatic carbocycles. The zero-order valence-electron chi connectivity index (χ0n) is 11.1. The molecule has 3 heterocycles. The summed E-state index contributed by atoms with van der Waals surface area (Å²) < 4.78 is 1.16. The highest BCUT2D eigenvalue weighted by Crippen LogP contribution is 2.30. The molecule has 0 saturated carbocycles. The standard InChI is InChI=1S/C14H11N5S2/c1-15-14-18-12(9-4-5-20-13(9)19-14)17-8-2-3-10-11(6-8)21-7-16-10/h2-7H,1H3,(H2,15,17,18,19). The zero-order chi connectivity index (χ0) is 14.2. The van der Waals surface area contributed by atoms with Crippen molar-refractivity contribution in [3.05, 3.63) is 35.2 Å². The third-order valence-corrected chi connectivity index (χ3v) is 4.74. The maximum atomic E-state index is 4.52. The number of thiophene rings is 1. The number of aromatic nitrogens is 3. The van der Waals surface area contributed by atoms with Gasteiger partial charge in [0, 0.05) is 12.7 Å². The van der Waals surface area contributed by atoms with Crippen LogP contribution >= 0.6 is 22.7 Å². The van der Waals surface area contributed by atoms with Gasteiger partial charge in [0.1, 0.15) is 10.6 Å². The number of hydrogen-bond donors (Lipinski definition) is 2. The number of nitrogens with zero attached hydrogens (tertiary/aromatic N) is 3. The molecule has 3 aromatic heterocycles. The van der Waals surface area contributed by atoms with E-state index in [-0.39, 0.29) is 0 Å². The highest BCUT2D eigenvalue weighted by atomic mass is 32.1. The van der Waals surface area contributed by atoms with Gasteiger partial charge < -0.3 is 10.6 Å². The van der Waals surface area contributed by atoms with Crippen LogP contribution in [-0.4, -0.2) is 22.0 Å². The lowest BCUT2D eigenvalue weighted by Gasteiger charge is -2.08. The van der Waals surface area contributed by atoms with Crippen LogP contribution in [0.3, 0.4) is 0 Å². The lowest BCUT2D eigenvalue weighted by atomic mass is 10.3. The highest BCUT2D eigenvalue weighted by molar-refractivity contribution is 7.17. The molecule has 0 aliphatic heterocycles. The largest absolute Gasteiger partial charge is 0.357 e. The van der Waals surface area contributed by atoms with Gasteiger partial charge in [-0.05, 0) is 29.6 Å². The Morgan fingerprint density at radius 2 is 2.05 bits per heavy atom. The SMILES string of the molecule is CNc1nc(Nc2ccc3ncsc3c2)c2ccsc2n1. The van der Waals surface area contributed by atoms with Crippen LogP contribution in [-0.2, 0) is 0 Å². The Balaban J connectivity index is 1.80. The summed E-state index contributed by atoms with van der Waals surface area (Å²) in [6.45, 7) is 0. The average molecular weight is 313 g/mol. The summed E-state index contributed by atoms with van der Waals surface area (Å²) in [6, 6.07) is 8.15. The van der Waals surface area contributed by atoms with E-state index in [0.29, 0.717) is 5.95 Å². The summed E-state index contributed by atoms with van der Waals surface area (Å²) in [6.07, 6.45) is 0. The molecule has 4 rings (SSSR count). The smallest absolute Gasteiger partial charge is 0.225 e. The fourth-order valence-electron chi connectivity index (χ4n) is 2.13. The minimum Gasteiger partial charge on any atom is -0.357 e. The lowest BCUT2D eigenvalue weighted by Crippen LogP contribution is -2.00. The van der Waals surface area contributed by atoms with E-state index in [0.717, 1.165) is 31.9 Å². The van der Waals surface area contributed by atoms with Gasteiger partial charge in [-0.15, -0.1) is 22.7 Å². The summed E-state index contributed by atoms with van der Waals surface area (Å²) in [5.41, 5.74) is 3.87. The Morgan fingerprint density at radius 1 is 1.10 bits per heavy atom. The Bertz CT molecular complexity index is 927. The van der Waals surface area contributed by atoms with Gasteiger partial charge in [0.05, 0.1) is 21.1 Å².